The Morgan fingerprint density at radius 3 is 2.29 bits per heavy atom. The van der Waals surface area contributed by atoms with Gasteiger partial charge in [0.25, 0.3) is 0 Å². The van der Waals surface area contributed by atoms with Crippen molar-refractivity contribution in [3.63, 3.8) is 0 Å². The maximum absolute atomic E-state index is 13.7. The van der Waals surface area contributed by atoms with Gasteiger partial charge >= 0.3 is 5.97 Å². The van der Waals surface area contributed by atoms with Crippen LogP contribution in [-0.4, -0.2) is 96.6 Å². The van der Waals surface area contributed by atoms with Crippen LogP contribution in [0, 0.1) is 12.3 Å². The lowest BCUT2D eigenvalue weighted by atomic mass is 10.0. The van der Waals surface area contributed by atoms with Crippen LogP contribution in [0.4, 0.5) is 0 Å². The van der Waals surface area contributed by atoms with Crippen molar-refractivity contribution in [2.75, 3.05) is 26.7 Å². The van der Waals surface area contributed by atoms with Crippen molar-refractivity contribution in [1.29, 1.82) is 0 Å². The number of rotatable bonds is 18. The first kappa shape index (κ1) is 37.9. The van der Waals surface area contributed by atoms with E-state index in [1.807, 2.05) is 0 Å². The standard InChI is InChI=1S/C34H42N8O7/c1-4-9-26(38-30(43)22(2)36-3)33(46)42-18-8-12-29(42)32(45)39-27(20-23-10-6-5-7-11-23)31(44)40-28(34(47)48)21-24-13-15-25(16-14-24)49-19-17-37-41-35/h1,5-7,10-11,13-16,22,26-29,36H,8-9,12,17-21H2,2-3H3,(H,38,43)(H,39,45)(H,40,44)(H,47,48)/t22-,26-,27-,28-,29-/m0/s1. The minimum absolute atomic E-state index is 0.0502. The van der Waals surface area contributed by atoms with E-state index in [4.69, 9.17) is 16.7 Å². The highest BCUT2D eigenvalue weighted by Crippen LogP contribution is 2.20. The fourth-order valence-electron chi connectivity index (χ4n) is 5.25. The van der Waals surface area contributed by atoms with E-state index in [2.05, 4.69) is 37.2 Å². The van der Waals surface area contributed by atoms with Gasteiger partial charge in [0, 0.05) is 30.7 Å². The highest BCUT2D eigenvalue weighted by Gasteiger charge is 2.39. The first-order chi connectivity index (χ1) is 23.6. The zero-order valence-electron chi connectivity index (χ0n) is 27.5. The number of aliphatic carboxylic acids is 1. The van der Waals surface area contributed by atoms with Crippen LogP contribution in [0.15, 0.2) is 59.7 Å². The lowest BCUT2D eigenvalue weighted by Crippen LogP contribution is -2.58. The molecule has 2 aromatic rings. The van der Waals surface area contributed by atoms with Gasteiger partial charge < -0.3 is 36.0 Å². The molecule has 0 bridgehead atoms. The molecule has 0 aromatic heterocycles. The number of carboxylic acid groups (broad SMARTS) is 1. The van der Waals surface area contributed by atoms with E-state index in [1.165, 1.54) is 4.90 Å². The number of likely N-dealkylation sites (N-methyl/N-ethyl adjacent to an activating group) is 1. The summed E-state index contributed by atoms with van der Waals surface area (Å²) in [5.41, 5.74) is 9.70. The minimum Gasteiger partial charge on any atom is -0.493 e. The third kappa shape index (κ3) is 11.6. The molecule has 4 amide bonds. The van der Waals surface area contributed by atoms with Crippen molar-refractivity contribution in [2.45, 2.75) is 69.2 Å². The molecule has 15 heteroatoms. The summed E-state index contributed by atoms with van der Waals surface area (Å²) >= 11 is 0. The van der Waals surface area contributed by atoms with Gasteiger partial charge in [-0.3, -0.25) is 19.2 Å². The van der Waals surface area contributed by atoms with Crippen LogP contribution in [0.2, 0.25) is 0 Å². The zero-order chi connectivity index (χ0) is 35.8. The summed E-state index contributed by atoms with van der Waals surface area (Å²) in [4.78, 5) is 69.7. The molecule has 5 atom stereocenters. The van der Waals surface area contributed by atoms with Crippen molar-refractivity contribution in [3.05, 3.63) is 76.2 Å². The van der Waals surface area contributed by atoms with Crippen LogP contribution >= 0.6 is 0 Å². The normalized spacial score (nSPS) is 16.1. The number of carbonyl (C=O) groups excluding carboxylic acids is 4. The molecule has 0 unspecified atom stereocenters. The van der Waals surface area contributed by atoms with Crippen LogP contribution in [0.25, 0.3) is 10.4 Å². The number of hydrogen-bond donors (Lipinski definition) is 5. The molecule has 1 fully saturated rings. The average Bonchev–Trinajstić information content (AvgIpc) is 3.60. The highest BCUT2D eigenvalue weighted by atomic mass is 16.5. The molecular weight excluding hydrogens is 632 g/mol. The molecule has 260 valence electrons. The van der Waals surface area contributed by atoms with Gasteiger partial charge in [-0.1, -0.05) is 47.6 Å². The Hall–Kier alpha value is -5.58. The fraction of sp³-hybridized carbons (Fsp3) is 0.441. The van der Waals surface area contributed by atoms with Crippen molar-refractivity contribution < 1.29 is 33.8 Å². The summed E-state index contributed by atoms with van der Waals surface area (Å²) in [5, 5.41) is 24.1. The van der Waals surface area contributed by atoms with Gasteiger partial charge in [-0.2, -0.15) is 0 Å². The van der Waals surface area contributed by atoms with Crippen LogP contribution in [-0.2, 0) is 36.8 Å². The van der Waals surface area contributed by atoms with Crippen molar-refractivity contribution >= 4 is 29.6 Å². The topological polar surface area (TPSA) is 215 Å². The molecule has 15 nitrogen and oxygen atoms in total. The van der Waals surface area contributed by atoms with E-state index in [9.17, 15) is 29.1 Å². The Kier molecular flexibility index (Phi) is 14.9. The molecule has 2 aromatic carbocycles. The van der Waals surface area contributed by atoms with Gasteiger partial charge in [0.05, 0.1) is 19.2 Å². The maximum Gasteiger partial charge on any atom is 0.326 e. The third-order valence-corrected chi connectivity index (χ3v) is 8.02. The third-order valence-electron chi connectivity index (χ3n) is 8.02. The molecule has 0 saturated carbocycles. The van der Waals surface area contributed by atoms with Crippen LogP contribution in [0.1, 0.15) is 37.3 Å². The van der Waals surface area contributed by atoms with E-state index in [0.29, 0.717) is 24.2 Å². The number of carbonyl (C=O) groups is 5. The second kappa shape index (κ2) is 19.3. The Morgan fingerprint density at radius 1 is 1.00 bits per heavy atom. The summed E-state index contributed by atoms with van der Waals surface area (Å²) in [6.45, 7) is 2.22. The molecule has 1 heterocycles. The minimum atomic E-state index is -1.32. The summed E-state index contributed by atoms with van der Waals surface area (Å²) in [7, 11) is 1.61. The number of ether oxygens (including phenoxy) is 1. The van der Waals surface area contributed by atoms with Gasteiger partial charge in [0.15, 0.2) is 0 Å². The van der Waals surface area contributed by atoms with Crippen molar-refractivity contribution in [3.8, 4) is 18.1 Å². The zero-order valence-corrected chi connectivity index (χ0v) is 27.5. The maximum atomic E-state index is 13.7. The Bertz CT molecular complexity index is 1540. The first-order valence-corrected chi connectivity index (χ1v) is 15.9. The second-order valence-electron chi connectivity index (χ2n) is 11.5. The molecule has 3 rings (SSSR count). The van der Waals surface area contributed by atoms with Crippen molar-refractivity contribution in [1.82, 2.24) is 26.2 Å². The SMILES string of the molecule is C#CC[C@H](NC(=O)[C@H](C)NC)C(=O)N1CCC[C@H]1C(=O)N[C@@H](Cc1ccccc1)C(=O)N[C@@H](Cc1ccc(OCCN=[N+]=[N-])cc1)C(=O)O. The molecule has 1 aliphatic rings. The number of hydrogen-bond acceptors (Lipinski definition) is 8. The first-order valence-electron chi connectivity index (χ1n) is 15.9. The van der Waals surface area contributed by atoms with Gasteiger partial charge in [0.2, 0.25) is 23.6 Å². The Balaban J connectivity index is 1.75. The Morgan fingerprint density at radius 2 is 1.65 bits per heavy atom. The summed E-state index contributed by atoms with van der Waals surface area (Å²) in [6.07, 6.45) is 6.26. The lowest BCUT2D eigenvalue weighted by Gasteiger charge is -2.30. The monoisotopic (exact) mass is 674 g/mol. The molecule has 1 saturated heterocycles. The lowest BCUT2D eigenvalue weighted by molar-refractivity contribution is -0.143. The van der Waals surface area contributed by atoms with Crippen LogP contribution in [0.5, 0.6) is 5.75 Å². The molecule has 49 heavy (non-hydrogen) atoms. The molecular formula is C34H42N8O7. The van der Waals surface area contributed by atoms with E-state index < -0.39 is 59.8 Å². The van der Waals surface area contributed by atoms with Gasteiger partial charge in [0.1, 0.15) is 29.9 Å². The van der Waals surface area contributed by atoms with Gasteiger partial charge in [-0.25, -0.2) is 4.79 Å². The Labute approximate surface area is 284 Å². The number of azide groups is 1. The number of likely N-dealkylation sites (tertiary alicyclic amines) is 1. The van der Waals surface area contributed by atoms with Crippen LogP contribution < -0.4 is 26.0 Å². The summed E-state index contributed by atoms with van der Waals surface area (Å²) in [5.74, 6) is -0.584. The molecule has 0 spiro atoms. The van der Waals surface area contributed by atoms with E-state index in [1.54, 1.807) is 68.6 Å². The van der Waals surface area contributed by atoms with Gasteiger partial charge in [-0.05, 0) is 55.6 Å². The predicted octanol–water partition coefficient (Wildman–Crippen LogP) is 1.32. The smallest absolute Gasteiger partial charge is 0.326 e. The molecule has 0 radical (unpaired) electrons. The molecule has 0 aliphatic carbocycles. The highest BCUT2D eigenvalue weighted by molar-refractivity contribution is 5.96. The fourth-order valence-corrected chi connectivity index (χ4v) is 5.25. The quantitative estimate of drug-likeness (QED) is 0.0510. The second-order valence-corrected chi connectivity index (χ2v) is 11.5. The van der Waals surface area contributed by atoms with E-state index >= 15 is 0 Å². The predicted molar refractivity (Wildman–Crippen MR) is 180 cm³/mol. The number of benzene rings is 2. The largest absolute Gasteiger partial charge is 0.493 e. The number of nitrogens with one attached hydrogen (secondary N) is 4. The summed E-state index contributed by atoms with van der Waals surface area (Å²) in [6, 6.07) is 10.5. The van der Waals surface area contributed by atoms with E-state index in [0.717, 1.165) is 5.56 Å². The number of terminal acetylenes is 1. The van der Waals surface area contributed by atoms with Gasteiger partial charge in [-0.15, -0.1) is 12.3 Å². The average molecular weight is 675 g/mol. The molecule has 5 N–H and O–H groups in total. The molecule has 1 aliphatic heterocycles. The van der Waals surface area contributed by atoms with Crippen molar-refractivity contribution in [2.24, 2.45) is 5.11 Å². The van der Waals surface area contributed by atoms with Crippen LogP contribution in [0.3, 0.4) is 0 Å². The number of amides is 4. The summed E-state index contributed by atoms with van der Waals surface area (Å²) < 4.78 is 5.48. The van der Waals surface area contributed by atoms with E-state index in [-0.39, 0.29) is 39.0 Å². The number of carboxylic acids is 1. The number of nitrogens with zero attached hydrogens (tertiary/aromatic N) is 4.